The Morgan fingerprint density at radius 3 is 2.74 bits per heavy atom. The monoisotopic (exact) mass is 404 g/mol. The van der Waals surface area contributed by atoms with Gasteiger partial charge < -0.3 is 10.1 Å². The van der Waals surface area contributed by atoms with Crippen LogP contribution in [-0.2, 0) is 0 Å². The Morgan fingerprint density at radius 2 is 2.15 bits per heavy atom. The molecule has 0 saturated heterocycles. The Hall–Kier alpha value is -3.03. The summed E-state index contributed by atoms with van der Waals surface area (Å²) in [4.78, 5) is 23.9. The summed E-state index contributed by atoms with van der Waals surface area (Å²) in [7, 11) is 0. The van der Waals surface area contributed by atoms with Crippen LogP contribution in [0, 0.1) is 35.3 Å². The number of hydrogen-bond donors (Lipinski definition) is 2. The highest BCUT2D eigenvalue weighted by atomic mass is 32.1. The summed E-state index contributed by atoms with van der Waals surface area (Å²) < 4.78 is 5.19. The van der Waals surface area contributed by atoms with Crippen LogP contribution in [0.25, 0.3) is 0 Å². The molecule has 8 nitrogen and oxygen atoms in total. The quantitative estimate of drug-likeness (QED) is 0.443. The third-order valence-electron chi connectivity index (χ3n) is 3.67. The molecule has 0 spiro atoms. The molecule has 0 saturated carbocycles. The number of aryl methyl sites for hydroxylation is 1. The van der Waals surface area contributed by atoms with Crippen LogP contribution in [0.1, 0.15) is 33.3 Å². The third kappa shape index (κ3) is 4.58. The van der Waals surface area contributed by atoms with E-state index in [4.69, 9.17) is 17.0 Å². The zero-order valence-electron chi connectivity index (χ0n) is 14.8. The largest absolute Gasteiger partial charge is 0.487 e. The second-order valence-corrected chi connectivity index (χ2v) is 7.01. The maximum atomic E-state index is 12.4. The maximum Gasteiger partial charge on any atom is 0.311 e. The molecule has 0 aliphatic carbocycles. The lowest BCUT2D eigenvalue weighted by Crippen LogP contribution is -2.34. The van der Waals surface area contributed by atoms with Gasteiger partial charge in [-0.3, -0.25) is 20.2 Å². The molecular formula is C17H16N4O4S2. The van der Waals surface area contributed by atoms with Crippen molar-refractivity contribution in [1.29, 1.82) is 5.26 Å². The molecule has 10 heteroatoms. The van der Waals surface area contributed by atoms with Gasteiger partial charge in [0.05, 0.1) is 17.1 Å². The predicted molar refractivity (Wildman–Crippen MR) is 106 cm³/mol. The fourth-order valence-electron chi connectivity index (χ4n) is 2.24. The summed E-state index contributed by atoms with van der Waals surface area (Å²) in [6, 6.07) is 6.01. The summed E-state index contributed by atoms with van der Waals surface area (Å²) in [5.41, 5.74) is 1.07. The van der Waals surface area contributed by atoms with Crippen molar-refractivity contribution in [2.24, 2.45) is 0 Å². The number of rotatable bonds is 5. The molecule has 0 radical (unpaired) electrons. The van der Waals surface area contributed by atoms with Gasteiger partial charge in [-0.1, -0.05) is 0 Å². The van der Waals surface area contributed by atoms with Gasteiger partial charge in [-0.25, -0.2) is 0 Å². The summed E-state index contributed by atoms with van der Waals surface area (Å²) in [6.07, 6.45) is 0. The Bertz CT molecular complexity index is 963. The van der Waals surface area contributed by atoms with Crippen molar-refractivity contribution in [3.63, 3.8) is 0 Å². The number of nitro groups is 1. The number of carbonyl (C=O) groups excluding carboxylic acids is 1. The lowest BCUT2D eigenvalue weighted by molar-refractivity contribution is -0.385. The van der Waals surface area contributed by atoms with E-state index in [9.17, 15) is 20.2 Å². The summed E-state index contributed by atoms with van der Waals surface area (Å²) in [6.45, 7) is 5.68. The number of hydrogen-bond acceptors (Lipinski definition) is 7. The first-order valence-corrected chi connectivity index (χ1v) is 9.04. The average Bonchev–Trinajstić information content (AvgIpc) is 2.88. The molecule has 27 heavy (non-hydrogen) atoms. The molecule has 1 aromatic carbocycles. The summed E-state index contributed by atoms with van der Waals surface area (Å²) >= 11 is 6.47. The Labute approximate surface area is 164 Å². The van der Waals surface area contributed by atoms with Crippen molar-refractivity contribution in [3.8, 4) is 11.8 Å². The minimum Gasteiger partial charge on any atom is -0.487 e. The second-order valence-electron chi connectivity index (χ2n) is 5.38. The molecule has 1 heterocycles. The minimum atomic E-state index is -0.616. The first kappa shape index (κ1) is 20.3. The lowest BCUT2D eigenvalue weighted by Gasteiger charge is -2.09. The van der Waals surface area contributed by atoms with Crippen LogP contribution >= 0.6 is 23.6 Å². The van der Waals surface area contributed by atoms with Crippen molar-refractivity contribution in [3.05, 3.63) is 49.9 Å². The molecule has 0 aliphatic heterocycles. The molecule has 2 N–H and O–H groups in total. The van der Waals surface area contributed by atoms with E-state index >= 15 is 0 Å². The number of nitro benzene ring substituents is 1. The van der Waals surface area contributed by atoms with Gasteiger partial charge in [-0.15, -0.1) is 11.3 Å². The van der Waals surface area contributed by atoms with E-state index in [1.807, 2.05) is 13.8 Å². The molecule has 0 unspecified atom stereocenters. The molecule has 0 aliphatic rings. The van der Waals surface area contributed by atoms with Crippen LogP contribution in [0.2, 0.25) is 0 Å². The Balaban J connectivity index is 2.16. The van der Waals surface area contributed by atoms with Gasteiger partial charge in [-0.2, -0.15) is 5.26 Å². The number of thiophene rings is 1. The number of ether oxygens (including phenoxy) is 1. The summed E-state index contributed by atoms with van der Waals surface area (Å²) in [5, 5.41) is 26.2. The highest BCUT2D eigenvalue weighted by Crippen LogP contribution is 2.31. The molecule has 1 amide bonds. The van der Waals surface area contributed by atoms with Gasteiger partial charge in [0.25, 0.3) is 5.91 Å². The van der Waals surface area contributed by atoms with Gasteiger partial charge in [-0.05, 0) is 50.7 Å². The Kier molecular flexibility index (Phi) is 6.44. The number of amides is 1. The van der Waals surface area contributed by atoms with Gasteiger partial charge in [0.2, 0.25) is 0 Å². The number of carbonyl (C=O) groups is 1. The van der Waals surface area contributed by atoms with E-state index < -0.39 is 10.8 Å². The smallest absolute Gasteiger partial charge is 0.311 e. The van der Waals surface area contributed by atoms with E-state index in [1.54, 1.807) is 6.92 Å². The maximum absolute atomic E-state index is 12.4. The van der Waals surface area contributed by atoms with E-state index in [1.165, 1.54) is 23.5 Å². The number of nitriles is 1. The summed E-state index contributed by atoms with van der Waals surface area (Å²) in [5.74, 6) is -0.523. The molecule has 140 valence electrons. The van der Waals surface area contributed by atoms with Crippen molar-refractivity contribution in [1.82, 2.24) is 5.32 Å². The van der Waals surface area contributed by atoms with Crippen LogP contribution in [0.5, 0.6) is 5.75 Å². The fraction of sp³-hybridized carbons (Fsp3) is 0.235. The molecule has 2 rings (SSSR count). The standard InChI is InChI=1S/C17H16N4O4S2/c1-4-25-14-6-5-11(7-13(14)21(23)24)15(22)19-17(26)20-16-12(8-18)9(2)10(3)27-16/h5-7H,4H2,1-3H3,(H2,19,20,22,26). The number of thiocarbonyl (C=S) groups is 1. The first-order chi connectivity index (χ1) is 12.8. The van der Waals surface area contributed by atoms with Gasteiger partial charge in [0, 0.05) is 16.5 Å². The number of nitrogens with one attached hydrogen (secondary N) is 2. The van der Waals surface area contributed by atoms with Gasteiger partial charge in [0.1, 0.15) is 11.1 Å². The fourth-order valence-corrected chi connectivity index (χ4v) is 3.51. The predicted octanol–water partition coefficient (Wildman–Crippen LogP) is 3.67. The number of benzene rings is 1. The molecule has 1 aromatic heterocycles. The normalized spacial score (nSPS) is 10.0. The van der Waals surface area contributed by atoms with Gasteiger partial charge >= 0.3 is 5.69 Å². The van der Waals surface area contributed by atoms with Gasteiger partial charge in [0.15, 0.2) is 10.9 Å². The van der Waals surface area contributed by atoms with Crippen molar-refractivity contribution < 1.29 is 14.5 Å². The van der Waals surface area contributed by atoms with Crippen molar-refractivity contribution >= 4 is 45.3 Å². The third-order valence-corrected chi connectivity index (χ3v) is 5.00. The first-order valence-electron chi connectivity index (χ1n) is 7.82. The number of nitrogens with zero attached hydrogens (tertiary/aromatic N) is 2. The van der Waals surface area contributed by atoms with E-state index in [0.29, 0.717) is 10.6 Å². The zero-order chi connectivity index (χ0) is 20.1. The molecule has 2 aromatic rings. The van der Waals surface area contributed by atoms with Crippen molar-refractivity contribution in [2.45, 2.75) is 20.8 Å². The van der Waals surface area contributed by atoms with E-state index in [0.717, 1.165) is 16.5 Å². The number of anilines is 1. The van der Waals surface area contributed by atoms with Crippen molar-refractivity contribution in [2.75, 3.05) is 11.9 Å². The Morgan fingerprint density at radius 1 is 1.44 bits per heavy atom. The molecule has 0 fully saturated rings. The molecule has 0 atom stereocenters. The second kappa shape index (κ2) is 8.57. The van der Waals surface area contributed by atoms with Crippen LogP contribution in [0.3, 0.4) is 0 Å². The van der Waals surface area contributed by atoms with E-state index in [-0.39, 0.29) is 28.7 Å². The highest BCUT2D eigenvalue weighted by Gasteiger charge is 2.20. The SMILES string of the molecule is CCOc1ccc(C(=O)NC(=S)Nc2sc(C)c(C)c2C#N)cc1[N+](=O)[O-]. The van der Waals surface area contributed by atoms with Crippen LogP contribution in [-0.4, -0.2) is 22.5 Å². The average molecular weight is 404 g/mol. The highest BCUT2D eigenvalue weighted by molar-refractivity contribution is 7.80. The zero-order valence-corrected chi connectivity index (χ0v) is 16.4. The van der Waals surface area contributed by atoms with Crippen LogP contribution < -0.4 is 15.4 Å². The topological polar surface area (TPSA) is 117 Å². The van der Waals surface area contributed by atoms with E-state index in [2.05, 4.69) is 16.7 Å². The molecular weight excluding hydrogens is 388 g/mol. The molecule has 0 bridgehead atoms. The minimum absolute atomic E-state index is 0.00529. The lowest BCUT2D eigenvalue weighted by atomic mass is 10.1. The van der Waals surface area contributed by atoms with Crippen LogP contribution in [0.15, 0.2) is 18.2 Å². The van der Waals surface area contributed by atoms with Crippen LogP contribution in [0.4, 0.5) is 10.7 Å².